The quantitative estimate of drug-likeness (QED) is 0.378. The molecule has 0 aliphatic heterocycles. The van der Waals surface area contributed by atoms with E-state index in [1.807, 2.05) is 0 Å². The maximum absolute atomic E-state index is 10.4. The van der Waals surface area contributed by atoms with Crippen molar-refractivity contribution in [1.29, 1.82) is 0 Å². The first-order valence-corrected chi connectivity index (χ1v) is 9.04. The minimum absolute atomic E-state index is 0. The number of carboxylic acids is 1. The van der Waals surface area contributed by atoms with Gasteiger partial charge in [0.2, 0.25) is 0 Å². The van der Waals surface area contributed by atoms with E-state index in [1.54, 1.807) is 18.2 Å². The van der Waals surface area contributed by atoms with Crippen molar-refractivity contribution in [3.63, 3.8) is 0 Å². The van der Waals surface area contributed by atoms with E-state index >= 15 is 0 Å². The van der Waals surface area contributed by atoms with Gasteiger partial charge in [-0.1, -0.05) is 63.6 Å². The average molecular weight is 352 g/mol. The molecule has 1 rings (SSSR count). The van der Waals surface area contributed by atoms with Crippen LogP contribution in [0.3, 0.4) is 0 Å². The van der Waals surface area contributed by atoms with Crippen LogP contribution in [0.15, 0.2) is 35.2 Å². The molecule has 0 aromatic heterocycles. The maximum Gasteiger partial charge on any atom is 1.00 e. The predicted molar refractivity (Wildman–Crippen MR) is 83.9 cm³/mol. The molecule has 1 aromatic carbocycles. The molecule has 0 saturated carbocycles. The Labute approximate surface area is 161 Å². The first-order valence-electron chi connectivity index (χ1n) is 7.60. The molecule has 1 N–H and O–H groups in total. The van der Waals surface area contributed by atoms with Crippen molar-refractivity contribution in [1.82, 2.24) is 0 Å². The summed E-state index contributed by atoms with van der Waals surface area (Å²) in [7, 11) is -4.00. The molecule has 0 atom stereocenters. The Morgan fingerprint density at radius 2 is 1.48 bits per heavy atom. The zero-order valence-corrected chi connectivity index (χ0v) is 16.8. The van der Waals surface area contributed by atoms with E-state index in [1.165, 1.54) is 44.2 Å². The Morgan fingerprint density at radius 3 is 1.87 bits per heavy atom. The predicted octanol–water partition coefficient (Wildman–Crippen LogP) is -0.186. The number of rotatable bonds is 9. The normalized spacial score (nSPS) is 10.2. The zero-order valence-electron chi connectivity index (χ0n) is 14.0. The maximum atomic E-state index is 10.4. The summed E-state index contributed by atoms with van der Waals surface area (Å²) in [6, 6.07) is 7.42. The molecular formula is C16H25NaO5S. The van der Waals surface area contributed by atoms with Crippen molar-refractivity contribution in [2.24, 2.45) is 0 Å². The second-order valence-corrected chi connectivity index (χ2v) is 6.45. The average Bonchev–Trinajstić information content (AvgIpc) is 2.47. The summed E-state index contributed by atoms with van der Waals surface area (Å²) >= 11 is 0. The molecule has 5 nitrogen and oxygen atoms in total. The number of aliphatic carboxylic acids is 1. The molecule has 0 unspecified atom stereocenters. The summed E-state index contributed by atoms with van der Waals surface area (Å²) < 4.78 is 29.2. The van der Waals surface area contributed by atoms with Crippen molar-refractivity contribution in [2.45, 2.75) is 63.2 Å². The summed E-state index contributed by atoms with van der Waals surface area (Å²) in [5.74, 6) is -0.913. The van der Waals surface area contributed by atoms with Crippen LogP contribution in [0.2, 0.25) is 0 Å². The minimum atomic E-state index is -4.00. The van der Waals surface area contributed by atoms with E-state index in [0.29, 0.717) is 0 Å². The molecular weight excluding hydrogens is 327 g/mol. The number of hydrogen-bond donors (Lipinski definition) is 1. The third-order valence-corrected chi connectivity index (χ3v) is 3.89. The van der Waals surface area contributed by atoms with Crippen LogP contribution >= 0.6 is 0 Å². The third kappa shape index (κ3) is 16.2. The first kappa shape index (κ1) is 24.8. The fraction of sp³-hybridized carbons (Fsp3) is 0.562. The Kier molecular flexibility index (Phi) is 16.4. The first-order chi connectivity index (χ1) is 10.4. The summed E-state index contributed by atoms with van der Waals surface area (Å²) in [6.07, 6.45) is 8.34. The van der Waals surface area contributed by atoms with Gasteiger partial charge < -0.3 is 9.90 Å². The minimum Gasteiger partial charge on any atom is -0.550 e. The second kappa shape index (κ2) is 15.1. The van der Waals surface area contributed by atoms with Gasteiger partial charge in [0.05, 0.1) is 4.90 Å². The van der Waals surface area contributed by atoms with Crippen molar-refractivity contribution in [3.8, 4) is 0 Å². The van der Waals surface area contributed by atoms with E-state index in [9.17, 15) is 18.3 Å². The fourth-order valence-corrected chi connectivity index (χ4v) is 2.32. The smallest absolute Gasteiger partial charge is 0.550 e. The Bertz CT molecular complexity index is 502. The van der Waals surface area contributed by atoms with E-state index in [0.717, 1.165) is 12.8 Å². The number of carbonyl (C=O) groups is 1. The number of carbonyl (C=O) groups excluding carboxylic acids is 1. The van der Waals surface area contributed by atoms with Gasteiger partial charge in [-0.25, -0.2) is 0 Å². The van der Waals surface area contributed by atoms with Crippen LogP contribution in [-0.2, 0) is 14.9 Å². The Morgan fingerprint density at radius 1 is 1.00 bits per heavy atom. The molecule has 0 bridgehead atoms. The zero-order chi connectivity index (χ0) is 16.8. The largest absolute Gasteiger partial charge is 1.00 e. The van der Waals surface area contributed by atoms with Gasteiger partial charge in [0, 0.05) is 5.97 Å². The van der Waals surface area contributed by atoms with Crippen LogP contribution in [0, 0.1) is 0 Å². The van der Waals surface area contributed by atoms with Crippen LogP contribution in [0.5, 0.6) is 0 Å². The van der Waals surface area contributed by atoms with E-state index in [2.05, 4.69) is 6.92 Å². The van der Waals surface area contributed by atoms with E-state index < -0.39 is 16.1 Å². The van der Waals surface area contributed by atoms with Gasteiger partial charge in [-0.05, 0) is 25.0 Å². The topological polar surface area (TPSA) is 94.5 Å². The van der Waals surface area contributed by atoms with Gasteiger partial charge in [0.1, 0.15) is 0 Å². The molecule has 126 valence electrons. The van der Waals surface area contributed by atoms with Gasteiger partial charge in [0.25, 0.3) is 10.1 Å². The van der Waals surface area contributed by atoms with Gasteiger partial charge in [0.15, 0.2) is 0 Å². The molecule has 0 saturated heterocycles. The van der Waals surface area contributed by atoms with Crippen molar-refractivity contribution in [3.05, 3.63) is 30.3 Å². The Hall–Kier alpha value is -0.400. The van der Waals surface area contributed by atoms with Crippen LogP contribution in [0.25, 0.3) is 0 Å². The number of hydrogen-bond acceptors (Lipinski definition) is 4. The van der Waals surface area contributed by atoms with Gasteiger partial charge in [-0.2, -0.15) is 8.42 Å². The van der Waals surface area contributed by atoms with Gasteiger partial charge in [-0.15, -0.1) is 0 Å². The number of carboxylic acid groups (broad SMARTS) is 1. The molecule has 0 aliphatic carbocycles. The summed E-state index contributed by atoms with van der Waals surface area (Å²) in [5.41, 5.74) is 0. The van der Waals surface area contributed by atoms with Gasteiger partial charge >= 0.3 is 29.6 Å². The molecule has 0 spiro atoms. The number of unbranched alkanes of at least 4 members (excludes halogenated alkanes) is 6. The van der Waals surface area contributed by atoms with Gasteiger partial charge in [-0.3, -0.25) is 4.55 Å². The fourth-order valence-electron chi connectivity index (χ4n) is 1.82. The van der Waals surface area contributed by atoms with Crippen LogP contribution in [-0.4, -0.2) is 18.9 Å². The summed E-state index contributed by atoms with van der Waals surface area (Å²) in [6.45, 7) is 2.19. The molecule has 1 aromatic rings. The van der Waals surface area contributed by atoms with E-state index in [-0.39, 0.29) is 40.9 Å². The standard InChI is InChI=1S/C10H20O2.C6H6O3S.Na/c1-2-3-4-5-6-7-8-9-10(11)12;7-10(8,9)6-4-2-1-3-5-6;/h2-9H2,1H3,(H,11,12);1-5H,(H,7,8,9);/q;;+1/p-1. The summed E-state index contributed by atoms with van der Waals surface area (Å²) in [4.78, 5) is 9.95. The van der Waals surface area contributed by atoms with Crippen molar-refractivity contribution in [2.75, 3.05) is 0 Å². The van der Waals surface area contributed by atoms with E-state index in [4.69, 9.17) is 4.55 Å². The molecule has 23 heavy (non-hydrogen) atoms. The van der Waals surface area contributed by atoms with Crippen molar-refractivity contribution >= 4 is 16.1 Å². The molecule has 0 radical (unpaired) electrons. The van der Waals surface area contributed by atoms with Crippen LogP contribution in [0.1, 0.15) is 58.3 Å². The molecule has 0 amide bonds. The molecule has 7 heteroatoms. The number of benzene rings is 1. The summed E-state index contributed by atoms with van der Waals surface area (Å²) in [5, 5.41) is 10.0. The molecule has 0 fully saturated rings. The third-order valence-electron chi connectivity index (χ3n) is 3.03. The Balaban J connectivity index is 0. The second-order valence-electron chi connectivity index (χ2n) is 5.03. The molecule has 0 heterocycles. The monoisotopic (exact) mass is 352 g/mol. The van der Waals surface area contributed by atoms with Crippen molar-refractivity contribution < 1.29 is 52.4 Å². The van der Waals surface area contributed by atoms with Crippen LogP contribution in [0.4, 0.5) is 0 Å². The van der Waals surface area contributed by atoms with Crippen LogP contribution < -0.4 is 34.7 Å². The molecule has 0 aliphatic rings. The SMILES string of the molecule is CCCCCCCCCC(=O)[O-].O=S(=O)(O)c1ccccc1.[Na+].